The van der Waals surface area contributed by atoms with Crippen molar-refractivity contribution in [2.75, 3.05) is 20.3 Å². The Morgan fingerprint density at radius 1 is 1.12 bits per heavy atom. The fourth-order valence-corrected chi connectivity index (χ4v) is 2.07. The number of nitrogens with zero attached hydrogens (tertiary/aromatic N) is 2. The summed E-state index contributed by atoms with van der Waals surface area (Å²) < 4.78 is 10.3. The van der Waals surface area contributed by atoms with E-state index in [2.05, 4.69) is 0 Å². The third-order valence-electron chi connectivity index (χ3n) is 3.92. The molecule has 0 N–H and O–H groups in total. The summed E-state index contributed by atoms with van der Waals surface area (Å²) in [6, 6.07) is 15.3. The summed E-state index contributed by atoms with van der Waals surface area (Å²) in [6.45, 7) is 2.49. The lowest BCUT2D eigenvalue weighted by Crippen LogP contribution is -2.45. The van der Waals surface area contributed by atoms with Crippen LogP contribution in [0, 0.1) is 11.3 Å². The summed E-state index contributed by atoms with van der Waals surface area (Å²) in [6.07, 6.45) is 0. The van der Waals surface area contributed by atoms with Crippen LogP contribution in [-0.4, -0.2) is 42.6 Å². The second kappa shape index (κ2) is 7.67. The highest BCUT2D eigenvalue weighted by Gasteiger charge is 2.27. The zero-order chi connectivity index (χ0) is 18.4. The molecule has 0 atom stereocenters. The minimum atomic E-state index is -0.967. The van der Waals surface area contributed by atoms with Crippen LogP contribution in [0.1, 0.15) is 13.8 Å². The molecule has 2 rings (SSSR count). The molecule has 0 unspecified atom stereocenters. The van der Waals surface area contributed by atoms with Gasteiger partial charge in [0.15, 0.2) is 13.2 Å². The SMILES string of the molecule is CN(C(=O)COC(=O)COc1ccc2ccccc2c1)C(C)(C)C#N. The Hall–Kier alpha value is -3.07. The monoisotopic (exact) mass is 340 g/mol. The van der Waals surface area contributed by atoms with Crippen LogP contribution in [0.25, 0.3) is 10.8 Å². The molecule has 0 fully saturated rings. The number of hydrogen-bond donors (Lipinski definition) is 0. The molecular weight excluding hydrogens is 320 g/mol. The molecule has 2 aromatic rings. The van der Waals surface area contributed by atoms with E-state index in [9.17, 15) is 9.59 Å². The van der Waals surface area contributed by atoms with Gasteiger partial charge in [0.1, 0.15) is 11.3 Å². The fourth-order valence-electron chi connectivity index (χ4n) is 2.07. The Morgan fingerprint density at radius 3 is 2.48 bits per heavy atom. The van der Waals surface area contributed by atoms with Crippen LogP contribution < -0.4 is 4.74 Å². The van der Waals surface area contributed by atoms with E-state index in [1.165, 1.54) is 11.9 Å². The molecule has 6 heteroatoms. The van der Waals surface area contributed by atoms with Gasteiger partial charge in [0.05, 0.1) is 6.07 Å². The zero-order valence-electron chi connectivity index (χ0n) is 14.5. The summed E-state index contributed by atoms with van der Waals surface area (Å²) in [5.74, 6) is -0.556. The number of carbonyl (C=O) groups is 2. The van der Waals surface area contributed by atoms with Gasteiger partial charge in [-0.2, -0.15) is 5.26 Å². The maximum Gasteiger partial charge on any atom is 0.344 e. The average Bonchev–Trinajstić information content (AvgIpc) is 2.63. The molecule has 0 aliphatic heterocycles. The van der Waals surface area contributed by atoms with Crippen LogP contribution in [0.2, 0.25) is 0 Å². The molecule has 1 amide bonds. The zero-order valence-corrected chi connectivity index (χ0v) is 14.5. The predicted octanol–water partition coefficient (Wildman–Crippen LogP) is 2.52. The Morgan fingerprint density at radius 2 is 1.80 bits per heavy atom. The average molecular weight is 340 g/mol. The Kier molecular flexibility index (Phi) is 5.60. The van der Waals surface area contributed by atoms with Crippen LogP contribution in [0.15, 0.2) is 42.5 Å². The number of nitriles is 1. The number of esters is 1. The molecule has 2 aromatic carbocycles. The topological polar surface area (TPSA) is 79.6 Å². The lowest BCUT2D eigenvalue weighted by atomic mass is 10.1. The minimum Gasteiger partial charge on any atom is -0.482 e. The third-order valence-corrected chi connectivity index (χ3v) is 3.92. The molecule has 0 saturated heterocycles. The first-order chi connectivity index (χ1) is 11.8. The van der Waals surface area contributed by atoms with Crippen molar-refractivity contribution in [3.05, 3.63) is 42.5 Å². The van der Waals surface area contributed by atoms with Gasteiger partial charge in [0.25, 0.3) is 5.91 Å². The molecule has 25 heavy (non-hydrogen) atoms. The number of benzene rings is 2. The van der Waals surface area contributed by atoms with Gasteiger partial charge >= 0.3 is 5.97 Å². The van der Waals surface area contributed by atoms with Crippen molar-refractivity contribution in [3.8, 4) is 11.8 Å². The van der Waals surface area contributed by atoms with Gasteiger partial charge in [-0.15, -0.1) is 0 Å². The first kappa shape index (κ1) is 18.3. The number of ether oxygens (including phenoxy) is 2. The molecule has 0 spiro atoms. The van der Waals surface area contributed by atoms with Gasteiger partial charge in [-0.1, -0.05) is 30.3 Å². The summed E-state index contributed by atoms with van der Waals surface area (Å²) in [4.78, 5) is 24.9. The summed E-state index contributed by atoms with van der Waals surface area (Å²) in [5, 5.41) is 11.1. The first-order valence-electron chi connectivity index (χ1n) is 7.78. The highest BCUT2D eigenvalue weighted by Crippen LogP contribution is 2.20. The Bertz CT molecular complexity index is 824. The van der Waals surface area contributed by atoms with Gasteiger partial charge < -0.3 is 14.4 Å². The van der Waals surface area contributed by atoms with E-state index in [-0.39, 0.29) is 6.61 Å². The van der Waals surface area contributed by atoms with E-state index < -0.39 is 24.0 Å². The molecule has 0 saturated carbocycles. The summed E-state index contributed by atoms with van der Waals surface area (Å²) in [5.41, 5.74) is -0.967. The molecule has 0 radical (unpaired) electrons. The molecule has 0 aliphatic carbocycles. The van der Waals surface area contributed by atoms with E-state index in [0.717, 1.165) is 10.8 Å². The van der Waals surface area contributed by atoms with Gasteiger partial charge in [0.2, 0.25) is 0 Å². The highest BCUT2D eigenvalue weighted by molar-refractivity contribution is 5.84. The van der Waals surface area contributed by atoms with Crippen molar-refractivity contribution in [1.29, 1.82) is 5.26 Å². The van der Waals surface area contributed by atoms with Gasteiger partial charge in [0, 0.05) is 7.05 Å². The van der Waals surface area contributed by atoms with E-state index >= 15 is 0 Å². The maximum absolute atomic E-state index is 11.9. The normalized spacial score (nSPS) is 10.8. The summed E-state index contributed by atoms with van der Waals surface area (Å²) in [7, 11) is 1.49. The lowest BCUT2D eigenvalue weighted by Gasteiger charge is -2.28. The first-order valence-corrected chi connectivity index (χ1v) is 7.78. The molecule has 130 valence electrons. The molecule has 0 aliphatic rings. The second-order valence-electron chi connectivity index (χ2n) is 6.08. The van der Waals surface area contributed by atoms with E-state index in [0.29, 0.717) is 5.75 Å². The van der Waals surface area contributed by atoms with Crippen LogP contribution in [-0.2, 0) is 14.3 Å². The van der Waals surface area contributed by atoms with Crippen molar-refractivity contribution in [3.63, 3.8) is 0 Å². The minimum absolute atomic E-state index is 0.295. The Labute approximate surface area is 146 Å². The third kappa shape index (κ3) is 4.70. The van der Waals surface area contributed by atoms with Gasteiger partial charge in [-0.3, -0.25) is 4.79 Å². The molecule has 0 aromatic heterocycles. The van der Waals surface area contributed by atoms with Crippen LogP contribution in [0.4, 0.5) is 0 Å². The number of amides is 1. The lowest BCUT2D eigenvalue weighted by molar-refractivity contribution is -0.154. The highest BCUT2D eigenvalue weighted by atomic mass is 16.6. The number of likely N-dealkylation sites (N-methyl/N-ethyl adjacent to an activating group) is 1. The van der Waals surface area contributed by atoms with Gasteiger partial charge in [-0.25, -0.2) is 4.79 Å². The van der Waals surface area contributed by atoms with Crippen molar-refractivity contribution >= 4 is 22.6 Å². The molecule has 0 bridgehead atoms. The molecule has 0 heterocycles. The number of hydrogen-bond acceptors (Lipinski definition) is 5. The van der Waals surface area contributed by atoms with Crippen molar-refractivity contribution in [2.45, 2.75) is 19.4 Å². The second-order valence-corrected chi connectivity index (χ2v) is 6.08. The van der Waals surface area contributed by atoms with Crippen LogP contribution in [0.5, 0.6) is 5.75 Å². The smallest absolute Gasteiger partial charge is 0.344 e. The van der Waals surface area contributed by atoms with Crippen molar-refractivity contribution in [2.24, 2.45) is 0 Å². The van der Waals surface area contributed by atoms with E-state index in [4.69, 9.17) is 14.7 Å². The van der Waals surface area contributed by atoms with Crippen LogP contribution in [0.3, 0.4) is 0 Å². The summed E-state index contributed by atoms with van der Waals surface area (Å²) >= 11 is 0. The predicted molar refractivity (Wildman–Crippen MR) is 92.9 cm³/mol. The number of carbonyl (C=O) groups excluding carboxylic acids is 2. The van der Waals surface area contributed by atoms with Gasteiger partial charge in [-0.05, 0) is 36.8 Å². The van der Waals surface area contributed by atoms with Crippen molar-refractivity contribution in [1.82, 2.24) is 4.90 Å². The van der Waals surface area contributed by atoms with Crippen LogP contribution >= 0.6 is 0 Å². The number of rotatable bonds is 6. The largest absolute Gasteiger partial charge is 0.482 e. The standard InChI is InChI=1S/C19H20N2O4/c1-19(2,13-20)21(3)17(22)11-25-18(23)12-24-16-9-8-14-6-4-5-7-15(14)10-16/h4-10H,11-12H2,1-3H3. The Balaban J connectivity index is 1.84. The van der Waals surface area contributed by atoms with E-state index in [1.54, 1.807) is 19.9 Å². The molecular formula is C19H20N2O4. The molecule has 6 nitrogen and oxygen atoms in total. The quantitative estimate of drug-likeness (QED) is 0.755. The van der Waals surface area contributed by atoms with Crippen molar-refractivity contribution < 1.29 is 19.1 Å². The number of fused-ring (bicyclic) bond motifs is 1. The maximum atomic E-state index is 11.9. The fraction of sp³-hybridized carbons (Fsp3) is 0.316. The van der Waals surface area contributed by atoms with E-state index in [1.807, 2.05) is 42.5 Å².